The molecule has 120 valence electrons. The summed E-state index contributed by atoms with van der Waals surface area (Å²) in [5.74, 6) is 1.24. The lowest BCUT2D eigenvalue weighted by molar-refractivity contribution is 0.449. The van der Waals surface area contributed by atoms with E-state index >= 15 is 0 Å². The first kappa shape index (κ1) is 15.0. The maximum absolute atomic E-state index is 12.9. The number of hydrogen-bond acceptors (Lipinski definition) is 3. The number of ether oxygens (including phenoxy) is 1. The Morgan fingerprint density at radius 1 is 0.708 bits per heavy atom. The van der Waals surface area contributed by atoms with E-state index in [2.05, 4.69) is 0 Å². The number of rotatable bonds is 3. The third kappa shape index (κ3) is 2.59. The average molecular weight is 336 g/mol. The summed E-state index contributed by atoms with van der Waals surface area (Å²) in [6, 6.07) is 23.9. The van der Waals surface area contributed by atoms with Gasteiger partial charge < -0.3 is 4.74 Å². The van der Waals surface area contributed by atoms with Crippen LogP contribution in [0.25, 0.3) is 0 Å². The Balaban J connectivity index is 1.81. The lowest BCUT2D eigenvalue weighted by atomic mass is 9.89. The van der Waals surface area contributed by atoms with Gasteiger partial charge in [0.2, 0.25) is 0 Å². The summed E-state index contributed by atoms with van der Waals surface area (Å²) in [6.07, 6.45) is 0. The van der Waals surface area contributed by atoms with Crippen LogP contribution in [0.15, 0.2) is 83.8 Å². The molecule has 0 unspecified atom stereocenters. The van der Waals surface area contributed by atoms with E-state index in [0.717, 1.165) is 22.6 Å². The normalized spacial score (nSPS) is 13.7. The number of benzene rings is 3. The Bertz CT molecular complexity index is 933. The first-order valence-corrected chi connectivity index (χ1v) is 9.44. The van der Waals surface area contributed by atoms with E-state index in [1.54, 1.807) is 24.3 Å². The molecule has 1 heterocycles. The van der Waals surface area contributed by atoms with E-state index in [-0.39, 0.29) is 11.7 Å². The molecule has 24 heavy (non-hydrogen) atoms. The minimum absolute atomic E-state index is 0.0222. The zero-order chi connectivity index (χ0) is 16.6. The summed E-state index contributed by atoms with van der Waals surface area (Å²) in [6.45, 7) is 0. The Hall–Kier alpha value is -2.59. The number of sulfone groups is 1. The fourth-order valence-electron chi connectivity index (χ4n) is 3.13. The van der Waals surface area contributed by atoms with E-state index < -0.39 is 9.84 Å². The molecule has 3 aromatic rings. The van der Waals surface area contributed by atoms with Crippen molar-refractivity contribution in [2.24, 2.45) is 0 Å². The highest BCUT2D eigenvalue weighted by Crippen LogP contribution is 2.44. The maximum atomic E-state index is 12.9. The molecular formula is C20H16O3S. The zero-order valence-electron chi connectivity index (χ0n) is 12.9. The Kier molecular flexibility index (Phi) is 3.62. The summed E-state index contributed by atoms with van der Waals surface area (Å²) in [5, 5.41) is 0. The standard InChI is InChI=1S/C20H16O3S/c21-24(22,15-8-2-1-3-9-15)14-18-16-10-4-6-12-19(16)23-20-13-7-5-11-17(18)20/h1-13,18H,14H2. The fourth-order valence-corrected chi connectivity index (χ4v) is 4.69. The molecule has 0 saturated heterocycles. The second-order valence-electron chi connectivity index (χ2n) is 5.82. The SMILES string of the molecule is O=S(=O)(CC1c2ccccc2Oc2ccccc21)c1ccccc1. The molecule has 0 spiro atoms. The van der Waals surface area contributed by atoms with Gasteiger partial charge in [0.25, 0.3) is 0 Å². The van der Waals surface area contributed by atoms with Crippen LogP contribution in [0.2, 0.25) is 0 Å². The van der Waals surface area contributed by atoms with Crippen LogP contribution in [0.5, 0.6) is 11.5 Å². The molecule has 0 radical (unpaired) electrons. The van der Waals surface area contributed by atoms with Crippen LogP contribution in [0.3, 0.4) is 0 Å². The number of hydrogen-bond donors (Lipinski definition) is 0. The van der Waals surface area contributed by atoms with Crippen LogP contribution in [0, 0.1) is 0 Å². The van der Waals surface area contributed by atoms with Crippen molar-refractivity contribution in [1.29, 1.82) is 0 Å². The second kappa shape index (κ2) is 5.80. The van der Waals surface area contributed by atoms with Gasteiger partial charge in [0, 0.05) is 17.0 Å². The molecule has 0 aromatic heterocycles. The van der Waals surface area contributed by atoms with Crippen LogP contribution in [-0.2, 0) is 9.84 Å². The highest BCUT2D eigenvalue weighted by molar-refractivity contribution is 7.91. The van der Waals surface area contributed by atoms with E-state index in [1.807, 2.05) is 54.6 Å². The van der Waals surface area contributed by atoms with E-state index in [0.29, 0.717) is 4.90 Å². The molecule has 4 heteroatoms. The molecule has 0 aliphatic carbocycles. The van der Waals surface area contributed by atoms with Crippen molar-refractivity contribution in [2.75, 3.05) is 5.75 Å². The predicted molar refractivity (Wildman–Crippen MR) is 93.3 cm³/mol. The van der Waals surface area contributed by atoms with Crippen LogP contribution >= 0.6 is 0 Å². The number of fused-ring (bicyclic) bond motifs is 2. The average Bonchev–Trinajstić information content (AvgIpc) is 2.62. The van der Waals surface area contributed by atoms with Gasteiger partial charge >= 0.3 is 0 Å². The maximum Gasteiger partial charge on any atom is 0.179 e. The molecule has 0 atom stereocenters. The summed E-state index contributed by atoms with van der Waals surface area (Å²) >= 11 is 0. The third-order valence-electron chi connectivity index (χ3n) is 4.30. The molecule has 0 bridgehead atoms. The highest BCUT2D eigenvalue weighted by atomic mass is 32.2. The summed E-state index contributed by atoms with van der Waals surface area (Å²) < 4.78 is 31.7. The fraction of sp³-hybridized carbons (Fsp3) is 0.100. The quantitative estimate of drug-likeness (QED) is 0.712. The van der Waals surface area contributed by atoms with Gasteiger partial charge in [-0.15, -0.1) is 0 Å². The van der Waals surface area contributed by atoms with Crippen molar-refractivity contribution in [3.63, 3.8) is 0 Å². The first-order valence-electron chi connectivity index (χ1n) is 7.79. The first-order chi connectivity index (χ1) is 11.6. The van der Waals surface area contributed by atoms with Gasteiger partial charge in [-0.1, -0.05) is 54.6 Å². The lowest BCUT2D eigenvalue weighted by Crippen LogP contribution is -2.19. The van der Waals surface area contributed by atoms with Crippen molar-refractivity contribution in [3.05, 3.63) is 90.0 Å². The van der Waals surface area contributed by atoms with Crippen LogP contribution in [-0.4, -0.2) is 14.2 Å². The minimum atomic E-state index is -3.40. The van der Waals surface area contributed by atoms with Gasteiger partial charge in [-0.2, -0.15) is 0 Å². The Morgan fingerprint density at radius 3 is 1.79 bits per heavy atom. The predicted octanol–water partition coefficient (Wildman–Crippen LogP) is 4.40. The highest BCUT2D eigenvalue weighted by Gasteiger charge is 2.31. The molecule has 0 amide bonds. The van der Waals surface area contributed by atoms with Gasteiger partial charge in [-0.05, 0) is 24.3 Å². The van der Waals surface area contributed by atoms with Gasteiger partial charge in [0.15, 0.2) is 9.84 Å². The van der Waals surface area contributed by atoms with Crippen molar-refractivity contribution >= 4 is 9.84 Å². The van der Waals surface area contributed by atoms with E-state index in [9.17, 15) is 8.42 Å². The largest absolute Gasteiger partial charge is 0.457 e. The van der Waals surface area contributed by atoms with Crippen LogP contribution in [0.1, 0.15) is 17.0 Å². The van der Waals surface area contributed by atoms with Gasteiger partial charge in [-0.3, -0.25) is 0 Å². The molecule has 3 nitrogen and oxygen atoms in total. The van der Waals surface area contributed by atoms with Crippen LogP contribution in [0.4, 0.5) is 0 Å². The van der Waals surface area contributed by atoms with Crippen molar-refractivity contribution in [2.45, 2.75) is 10.8 Å². The summed E-state index contributed by atoms with van der Waals surface area (Å²) in [7, 11) is -3.40. The Labute approximate surface area is 141 Å². The topological polar surface area (TPSA) is 43.4 Å². The minimum Gasteiger partial charge on any atom is -0.457 e. The molecular weight excluding hydrogens is 320 g/mol. The van der Waals surface area contributed by atoms with E-state index in [1.165, 1.54) is 0 Å². The van der Waals surface area contributed by atoms with Crippen molar-refractivity contribution in [3.8, 4) is 11.5 Å². The summed E-state index contributed by atoms with van der Waals surface area (Å²) in [4.78, 5) is 0.353. The molecule has 3 aromatic carbocycles. The third-order valence-corrected chi connectivity index (χ3v) is 6.06. The monoisotopic (exact) mass is 336 g/mol. The molecule has 1 aliphatic heterocycles. The molecule has 0 saturated carbocycles. The number of para-hydroxylation sites is 2. The molecule has 0 fully saturated rings. The van der Waals surface area contributed by atoms with Crippen LogP contribution < -0.4 is 4.74 Å². The van der Waals surface area contributed by atoms with Gasteiger partial charge in [0.05, 0.1) is 10.6 Å². The van der Waals surface area contributed by atoms with Crippen molar-refractivity contribution < 1.29 is 13.2 Å². The zero-order valence-corrected chi connectivity index (χ0v) is 13.7. The second-order valence-corrected chi connectivity index (χ2v) is 7.86. The van der Waals surface area contributed by atoms with Crippen molar-refractivity contribution in [1.82, 2.24) is 0 Å². The summed E-state index contributed by atoms with van der Waals surface area (Å²) in [5.41, 5.74) is 1.83. The lowest BCUT2D eigenvalue weighted by Gasteiger charge is -2.28. The van der Waals surface area contributed by atoms with E-state index in [4.69, 9.17) is 4.74 Å². The molecule has 1 aliphatic rings. The molecule has 0 N–H and O–H groups in total. The van der Waals surface area contributed by atoms with Gasteiger partial charge in [-0.25, -0.2) is 8.42 Å². The molecule has 4 rings (SSSR count). The van der Waals surface area contributed by atoms with Gasteiger partial charge in [0.1, 0.15) is 11.5 Å². The smallest absolute Gasteiger partial charge is 0.179 e. The Morgan fingerprint density at radius 2 is 1.21 bits per heavy atom.